The van der Waals surface area contributed by atoms with E-state index >= 15 is 0 Å². The number of benzene rings is 3. The fourth-order valence-corrected chi connectivity index (χ4v) is 4.49. The van der Waals surface area contributed by atoms with Crippen LogP contribution in [-0.4, -0.2) is 19.3 Å². The van der Waals surface area contributed by atoms with Crippen molar-refractivity contribution in [3.8, 4) is 11.3 Å². The molecule has 0 aliphatic carbocycles. The molecule has 0 atom stereocenters. The van der Waals surface area contributed by atoms with Gasteiger partial charge in [0.1, 0.15) is 5.56 Å². The summed E-state index contributed by atoms with van der Waals surface area (Å²) in [6.07, 6.45) is 0. The fraction of sp³-hybridized carbons (Fsp3) is 0. The Hall–Kier alpha value is -3.88. The Labute approximate surface area is 195 Å². The van der Waals surface area contributed by atoms with Crippen LogP contribution in [0.5, 0.6) is 0 Å². The van der Waals surface area contributed by atoms with Crippen molar-refractivity contribution in [3.05, 3.63) is 112 Å². The van der Waals surface area contributed by atoms with Gasteiger partial charge < -0.3 is 10.3 Å². The topological polar surface area (TPSA) is 108 Å². The molecule has 9 heteroatoms. The van der Waals surface area contributed by atoms with Gasteiger partial charge in [0.2, 0.25) is 0 Å². The highest BCUT2D eigenvalue weighted by atomic mass is 35.5. The lowest BCUT2D eigenvalue weighted by Gasteiger charge is -2.11. The zero-order chi connectivity index (χ0) is 23.4. The van der Waals surface area contributed by atoms with Crippen LogP contribution >= 0.6 is 11.6 Å². The number of pyridine rings is 1. The zero-order valence-corrected chi connectivity index (χ0v) is 18.7. The van der Waals surface area contributed by atoms with Crippen molar-refractivity contribution in [2.24, 2.45) is 0 Å². The smallest absolute Gasteiger partial charge is 0.262 e. The molecule has 0 fully saturated rings. The third kappa shape index (κ3) is 5.14. The number of hydrogen-bond acceptors (Lipinski definition) is 4. The lowest BCUT2D eigenvalue weighted by Crippen LogP contribution is -2.23. The minimum Gasteiger partial charge on any atom is -0.322 e. The molecule has 1 amide bonds. The van der Waals surface area contributed by atoms with Crippen molar-refractivity contribution in [2.75, 3.05) is 10.0 Å². The number of nitrogens with one attached hydrogen (secondary N) is 3. The van der Waals surface area contributed by atoms with E-state index in [0.29, 0.717) is 5.69 Å². The maximum atomic E-state index is 12.8. The molecule has 166 valence electrons. The number of amides is 1. The van der Waals surface area contributed by atoms with E-state index in [0.717, 1.165) is 5.56 Å². The number of aromatic amines is 1. The number of H-pyrrole nitrogens is 1. The van der Waals surface area contributed by atoms with Gasteiger partial charge in [-0.05, 0) is 48.0 Å². The van der Waals surface area contributed by atoms with Gasteiger partial charge in [-0.1, -0.05) is 60.1 Å². The number of aromatic nitrogens is 1. The molecule has 0 unspecified atom stereocenters. The highest BCUT2D eigenvalue weighted by Gasteiger charge is 2.17. The van der Waals surface area contributed by atoms with E-state index in [1.165, 1.54) is 36.4 Å². The van der Waals surface area contributed by atoms with Crippen LogP contribution in [0.1, 0.15) is 10.4 Å². The number of sulfonamides is 1. The largest absolute Gasteiger partial charge is 0.322 e. The van der Waals surface area contributed by atoms with Gasteiger partial charge in [-0.3, -0.25) is 14.3 Å². The Kier molecular flexibility index (Phi) is 6.30. The predicted molar refractivity (Wildman–Crippen MR) is 129 cm³/mol. The van der Waals surface area contributed by atoms with Crippen LogP contribution in [0, 0.1) is 0 Å². The lowest BCUT2D eigenvalue weighted by atomic mass is 10.1. The highest BCUT2D eigenvalue weighted by Crippen LogP contribution is 2.25. The molecule has 3 N–H and O–H groups in total. The SMILES string of the molecule is O=C(Nc1cccc(S(=O)(=O)Nc2ccccc2Cl)c1)c1ccc(-c2ccccc2)[nH]c1=O. The first-order valence-corrected chi connectivity index (χ1v) is 11.7. The van der Waals surface area contributed by atoms with Gasteiger partial charge in [0.05, 0.1) is 15.6 Å². The molecule has 33 heavy (non-hydrogen) atoms. The molecule has 7 nitrogen and oxygen atoms in total. The second-order valence-electron chi connectivity index (χ2n) is 7.05. The molecule has 0 aliphatic heterocycles. The maximum absolute atomic E-state index is 12.8. The second-order valence-corrected chi connectivity index (χ2v) is 9.14. The molecule has 3 aromatic carbocycles. The summed E-state index contributed by atoms with van der Waals surface area (Å²) in [7, 11) is -3.96. The van der Waals surface area contributed by atoms with Gasteiger partial charge in [-0.15, -0.1) is 0 Å². The first-order chi connectivity index (χ1) is 15.8. The Morgan fingerprint density at radius 3 is 2.30 bits per heavy atom. The number of rotatable bonds is 6. The van der Waals surface area contributed by atoms with Crippen LogP contribution in [0.15, 0.2) is 101 Å². The maximum Gasteiger partial charge on any atom is 0.262 e. The summed E-state index contributed by atoms with van der Waals surface area (Å²) >= 11 is 6.03. The van der Waals surface area contributed by atoms with Crippen molar-refractivity contribution in [1.82, 2.24) is 4.98 Å². The number of carbonyl (C=O) groups is 1. The van der Waals surface area contributed by atoms with Crippen LogP contribution in [0.25, 0.3) is 11.3 Å². The van der Waals surface area contributed by atoms with Crippen molar-refractivity contribution in [2.45, 2.75) is 4.90 Å². The summed E-state index contributed by atoms with van der Waals surface area (Å²) in [5, 5.41) is 2.82. The summed E-state index contributed by atoms with van der Waals surface area (Å²) in [5.41, 5.74) is 1.18. The average molecular weight is 480 g/mol. The first-order valence-electron chi connectivity index (χ1n) is 9.81. The van der Waals surface area contributed by atoms with Crippen LogP contribution in [0.2, 0.25) is 5.02 Å². The van der Waals surface area contributed by atoms with Crippen LogP contribution in [0.3, 0.4) is 0 Å². The molecule has 1 heterocycles. The molecule has 0 aliphatic rings. The van der Waals surface area contributed by atoms with E-state index in [4.69, 9.17) is 11.6 Å². The molecular formula is C24H18ClN3O4S. The summed E-state index contributed by atoms with van der Waals surface area (Å²) in [6, 6.07) is 24.4. The number of halogens is 1. The van der Waals surface area contributed by atoms with Crippen molar-refractivity contribution < 1.29 is 13.2 Å². The minimum absolute atomic E-state index is 0.0754. The van der Waals surface area contributed by atoms with Crippen LogP contribution in [-0.2, 0) is 10.0 Å². The first kappa shape index (κ1) is 22.3. The Balaban J connectivity index is 1.54. The van der Waals surface area contributed by atoms with E-state index in [9.17, 15) is 18.0 Å². The monoisotopic (exact) mass is 479 g/mol. The Morgan fingerprint density at radius 2 is 1.58 bits per heavy atom. The third-order valence-electron chi connectivity index (χ3n) is 4.76. The Bertz CT molecular complexity index is 1490. The van der Waals surface area contributed by atoms with Gasteiger partial charge in [0.25, 0.3) is 21.5 Å². The molecule has 0 saturated heterocycles. The molecule has 0 spiro atoms. The van der Waals surface area contributed by atoms with E-state index in [1.807, 2.05) is 30.3 Å². The summed E-state index contributed by atoms with van der Waals surface area (Å²) in [4.78, 5) is 27.8. The molecular weight excluding hydrogens is 462 g/mol. The number of carbonyl (C=O) groups excluding carboxylic acids is 1. The lowest BCUT2D eigenvalue weighted by molar-refractivity contribution is 0.102. The number of para-hydroxylation sites is 1. The Morgan fingerprint density at radius 1 is 0.848 bits per heavy atom. The van der Waals surface area contributed by atoms with Crippen molar-refractivity contribution in [3.63, 3.8) is 0 Å². The van der Waals surface area contributed by atoms with Gasteiger partial charge in [0, 0.05) is 11.4 Å². The molecule has 1 aromatic heterocycles. The second kappa shape index (κ2) is 9.32. The molecule has 0 saturated carbocycles. The summed E-state index contributed by atoms with van der Waals surface area (Å²) in [5.74, 6) is -0.663. The third-order valence-corrected chi connectivity index (χ3v) is 6.45. The van der Waals surface area contributed by atoms with Crippen LogP contribution in [0.4, 0.5) is 11.4 Å². The number of hydrogen-bond donors (Lipinski definition) is 3. The van der Waals surface area contributed by atoms with Crippen molar-refractivity contribution >= 4 is 38.9 Å². The average Bonchev–Trinajstić information content (AvgIpc) is 2.81. The normalized spacial score (nSPS) is 11.1. The standard InChI is InChI=1S/C24H18ClN3O4S/c25-20-11-4-5-12-22(20)28-33(31,32)18-10-6-9-17(15-18)26-23(29)19-13-14-21(27-24(19)30)16-7-2-1-3-8-16/h1-15,28H,(H,26,29)(H,27,30). The van der Waals surface area contributed by atoms with Gasteiger partial charge in [0.15, 0.2) is 0 Å². The number of anilines is 2. The van der Waals surface area contributed by atoms with E-state index in [1.54, 1.807) is 24.3 Å². The quantitative estimate of drug-likeness (QED) is 0.371. The molecule has 4 rings (SSSR count). The van der Waals surface area contributed by atoms with Crippen LogP contribution < -0.4 is 15.6 Å². The molecule has 0 bridgehead atoms. The van der Waals surface area contributed by atoms with E-state index < -0.39 is 21.5 Å². The summed E-state index contributed by atoms with van der Waals surface area (Å²) < 4.78 is 27.9. The van der Waals surface area contributed by atoms with Gasteiger partial charge >= 0.3 is 0 Å². The summed E-state index contributed by atoms with van der Waals surface area (Å²) in [6.45, 7) is 0. The van der Waals surface area contributed by atoms with E-state index in [-0.39, 0.29) is 26.9 Å². The predicted octanol–water partition coefficient (Wildman–Crippen LogP) is 4.75. The molecule has 4 aromatic rings. The van der Waals surface area contributed by atoms with Crippen molar-refractivity contribution in [1.29, 1.82) is 0 Å². The van der Waals surface area contributed by atoms with Gasteiger partial charge in [-0.25, -0.2) is 8.42 Å². The zero-order valence-electron chi connectivity index (χ0n) is 17.1. The highest BCUT2D eigenvalue weighted by molar-refractivity contribution is 7.92. The van der Waals surface area contributed by atoms with Gasteiger partial charge in [-0.2, -0.15) is 0 Å². The minimum atomic E-state index is -3.96. The van der Waals surface area contributed by atoms with E-state index in [2.05, 4.69) is 15.0 Å². The fourth-order valence-electron chi connectivity index (χ4n) is 3.13. The molecule has 0 radical (unpaired) electrons.